The fourth-order valence-corrected chi connectivity index (χ4v) is 1.82. The van der Waals surface area contributed by atoms with E-state index in [1.807, 2.05) is 6.20 Å². The molecule has 0 amide bonds. The maximum atomic E-state index is 12.0. The van der Waals surface area contributed by atoms with Crippen LogP contribution in [0, 0.1) is 0 Å². The van der Waals surface area contributed by atoms with Gasteiger partial charge in [0, 0.05) is 18.8 Å². The fraction of sp³-hybridized carbons (Fsp3) is 0.250. The van der Waals surface area contributed by atoms with E-state index in [9.17, 15) is 8.78 Å². The van der Waals surface area contributed by atoms with E-state index < -0.39 is 6.61 Å². The Morgan fingerprint density at radius 2 is 1.95 bits per heavy atom. The molecule has 2 rings (SSSR count). The molecule has 7 heteroatoms. The largest absolute Gasteiger partial charge is 0.435 e. The molecule has 5 nitrogen and oxygen atoms in total. The number of nitrogens with one attached hydrogen (secondary N) is 1. The Kier molecular flexibility index (Phi) is 4.08. The molecule has 19 heavy (non-hydrogen) atoms. The topological polar surface area (TPSA) is 65.1 Å². The molecular weight excluding hydrogens is 254 g/mol. The molecule has 1 aromatic carbocycles. The van der Waals surface area contributed by atoms with Crippen molar-refractivity contribution in [2.45, 2.75) is 12.7 Å². The van der Waals surface area contributed by atoms with E-state index in [0.717, 1.165) is 11.1 Å². The van der Waals surface area contributed by atoms with E-state index in [4.69, 9.17) is 5.84 Å². The lowest BCUT2D eigenvalue weighted by molar-refractivity contribution is -0.0498. The standard InChI is InChI=1S/C12H14F2N4O/c1-18-7-9(6-16-18)11(17-15)8-2-4-10(5-3-8)19-12(13)14/h2-7,11-12,17H,15H2,1H3. The van der Waals surface area contributed by atoms with Gasteiger partial charge in [0.05, 0.1) is 12.2 Å². The van der Waals surface area contributed by atoms with Gasteiger partial charge >= 0.3 is 6.61 Å². The van der Waals surface area contributed by atoms with E-state index >= 15 is 0 Å². The minimum atomic E-state index is -2.83. The fourth-order valence-electron chi connectivity index (χ4n) is 1.82. The highest BCUT2D eigenvalue weighted by Crippen LogP contribution is 2.23. The van der Waals surface area contributed by atoms with Crippen molar-refractivity contribution >= 4 is 0 Å². The van der Waals surface area contributed by atoms with Crippen molar-refractivity contribution in [1.82, 2.24) is 15.2 Å². The minimum absolute atomic E-state index is 0.112. The SMILES string of the molecule is Cn1cc(C(NN)c2ccc(OC(F)F)cc2)cn1. The second-order valence-electron chi connectivity index (χ2n) is 3.99. The van der Waals surface area contributed by atoms with E-state index in [0.29, 0.717) is 0 Å². The molecule has 0 aliphatic rings. The van der Waals surface area contributed by atoms with Gasteiger partial charge < -0.3 is 4.74 Å². The van der Waals surface area contributed by atoms with Gasteiger partial charge in [0.1, 0.15) is 5.75 Å². The summed E-state index contributed by atoms with van der Waals surface area (Å²) in [5.41, 5.74) is 4.38. The van der Waals surface area contributed by atoms with E-state index in [1.54, 1.807) is 30.1 Å². The number of nitrogens with two attached hydrogens (primary N) is 1. The molecule has 0 saturated heterocycles. The highest BCUT2D eigenvalue weighted by atomic mass is 19.3. The number of hydrogen-bond acceptors (Lipinski definition) is 4. The average molecular weight is 268 g/mol. The molecule has 0 bridgehead atoms. The van der Waals surface area contributed by atoms with Crippen molar-refractivity contribution in [2.24, 2.45) is 12.9 Å². The second kappa shape index (κ2) is 5.77. The molecule has 1 aromatic heterocycles. The number of halogens is 2. The monoisotopic (exact) mass is 268 g/mol. The number of benzene rings is 1. The summed E-state index contributed by atoms with van der Waals surface area (Å²) in [5, 5.41) is 4.07. The highest BCUT2D eigenvalue weighted by molar-refractivity contribution is 5.33. The lowest BCUT2D eigenvalue weighted by atomic mass is 10.0. The number of nitrogens with zero attached hydrogens (tertiary/aromatic N) is 2. The quantitative estimate of drug-likeness (QED) is 0.638. The molecule has 0 fully saturated rings. The Bertz CT molecular complexity index is 527. The number of rotatable bonds is 5. The molecule has 102 valence electrons. The van der Waals surface area contributed by atoms with Crippen LogP contribution in [0.3, 0.4) is 0 Å². The van der Waals surface area contributed by atoms with Gasteiger partial charge in [-0.1, -0.05) is 12.1 Å². The summed E-state index contributed by atoms with van der Waals surface area (Å²) in [6.45, 7) is -2.83. The van der Waals surface area contributed by atoms with Crippen LogP contribution in [0.4, 0.5) is 8.78 Å². The van der Waals surface area contributed by atoms with Crippen molar-refractivity contribution in [1.29, 1.82) is 0 Å². The van der Waals surface area contributed by atoms with Gasteiger partial charge in [0.25, 0.3) is 0 Å². The Labute approximate surface area is 108 Å². The Hall–Kier alpha value is -1.99. The molecule has 0 saturated carbocycles. The molecule has 2 aromatic rings. The zero-order valence-corrected chi connectivity index (χ0v) is 10.3. The van der Waals surface area contributed by atoms with Crippen LogP contribution < -0.4 is 16.0 Å². The lowest BCUT2D eigenvalue weighted by Gasteiger charge is -2.15. The maximum Gasteiger partial charge on any atom is 0.387 e. The van der Waals surface area contributed by atoms with Crippen molar-refractivity contribution in [3.63, 3.8) is 0 Å². The molecule has 0 radical (unpaired) electrons. The minimum Gasteiger partial charge on any atom is -0.435 e. The van der Waals surface area contributed by atoms with Crippen molar-refractivity contribution in [3.05, 3.63) is 47.8 Å². The summed E-state index contributed by atoms with van der Waals surface area (Å²) < 4.78 is 30.0. The normalized spacial score (nSPS) is 12.7. The van der Waals surface area contributed by atoms with Crippen LogP contribution in [0.15, 0.2) is 36.7 Å². The summed E-state index contributed by atoms with van der Waals surface area (Å²) in [6.07, 6.45) is 3.52. The number of hydrogen-bond donors (Lipinski definition) is 2. The predicted molar refractivity (Wildman–Crippen MR) is 65.4 cm³/mol. The molecule has 1 unspecified atom stereocenters. The van der Waals surface area contributed by atoms with Gasteiger partial charge in [-0.15, -0.1) is 0 Å². The molecule has 0 aliphatic heterocycles. The first kappa shape index (κ1) is 13.4. The van der Waals surface area contributed by atoms with E-state index in [2.05, 4.69) is 15.3 Å². The first-order chi connectivity index (χ1) is 9.10. The summed E-state index contributed by atoms with van der Waals surface area (Å²) in [4.78, 5) is 0. The van der Waals surface area contributed by atoms with Crippen molar-refractivity contribution in [3.8, 4) is 5.75 Å². The summed E-state index contributed by atoms with van der Waals surface area (Å²) in [7, 11) is 1.80. The van der Waals surface area contributed by atoms with Crippen LogP contribution in [-0.2, 0) is 7.05 Å². The highest BCUT2D eigenvalue weighted by Gasteiger charge is 2.14. The van der Waals surface area contributed by atoms with Crippen molar-refractivity contribution in [2.75, 3.05) is 0 Å². The lowest BCUT2D eigenvalue weighted by Crippen LogP contribution is -2.28. The van der Waals surface area contributed by atoms with Crippen LogP contribution in [0.2, 0.25) is 0 Å². The van der Waals surface area contributed by atoms with Gasteiger partial charge in [-0.25, -0.2) is 5.43 Å². The van der Waals surface area contributed by atoms with Gasteiger partial charge in [-0.2, -0.15) is 13.9 Å². The zero-order valence-electron chi connectivity index (χ0n) is 10.3. The molecule has 3 N–H and O–H groups in total. The van der Waals surface area contributed by atoms with Crippen LogP contribution in [0.1, 0.15) is 17.2 Å². The van der Waals surface area contributed by atoms with Crippen LogP contribution in [-0.4, -0.2) is 16.4 Å². The van der Waals surface area contributed by atoms with Crippen LogP contribution in [0.25, 0.3) is 0 Å². The predicted octanol–water partition coefficient (Wildman–Crippen LogP) is 1.57. The summed E-state index contributed by atoms with van der Waals surface area (Å²) in [6, 6.07) is 6.05. The smallest absolute Gasteiger partial charge is 0.387 e. The first-order valence-electron chi connectivity index (χ1n) is 5.59. The number of hydrazine groups is 1. The third-order valence-corrected chi connectivity index (χ3v) is 2.66. The zero-order chi connectivity index (χ0) is 13.8. The van der Waals surface area contributed by atoms with Gasteiger partial charge in [0.2, 0.25) is 0 Å². The van der Waals surface area contributed by atoms with Crippen molar-refractivity contribution < 1.29 is 13.5 Å². The maximum absolute atomic E-state index is 12.0. The molecule has 1 heterocycles. The van der Waals surface area contributed by atoms with Crippen LogP contribution in [0.5, 0.6) is 5.75 Å². The number of aryl methyl sites for hydroxylation is 1. The van der Waals surface area contributed by atoms with Crippen LogP contribution >= 0.6 is 0 Å². The third-order valence-electron chi connectivity index (χ3n) is 2.66. The first-order valence-corrected chi connectivity index (χ1v) is 5.59. The van der Waals surface area contributed by atoms with Gasteiger partial charge in [0.15, 0.2) is 0 Å². The average Bonchev–Trinajstić information content (AvgIpc) is 2.78. The Balaban J connectivity index is 2.19. The molecule has 0 aliphatic carbocycles. The molecule has 1 atom stereocenters. The molecular formula is C12H14F2N4O. The third kappa shape index (κ3) is 3.27. The van der Waals surface area contributed by atoms with E-state index in [-0.39, 0.29) is 11.8 Å². The number of aromatic nitrogens is 2. The summed E-state index contributed by atoms with van der Waals surface area (Å²) in [5.74, 6) is 5.64. The summed E-state index contributed by atoms with van der Waals surface area (Å²) >= 11 is 0. The van der Waals surface area contributed by atoms with Gasteiger partial charge in [-0.05, 0) is 17.7 Å². The number of alkyl halides is 2. The Morgan fingerprint density at radius 3 is 2.42 bits per heavy atom. The molecule has 0 spiro atoms. The Morgan fingerprint density at radius 1 is 1.26 bits per heavy atom. The number of ether oxygens (including phenoxy) is 1. The second-order valence-corrected chi connectivity index (χ2v) is 3.99. The van der Waals surface area contributed by atoms with Gasteiger partial charge in [-0.3, -0.25) is 10.5 Å². The van der Waals surface area contributed by atoms with E-state index in [1.165, 1.54) is 12.1 Å².